The van der Waals surface area contributed by atoms with Crippen LogP contribution in [0.3, 0.4) is 0 Å². The Balaban J connectivity index is 1.28. The van der Waals surface area contributed by atoms with Crippen molar-refractivity contribution in [1.29, 1.82) is 0 Å². The molecule has 0 radical (unpaired) electrons. The lowest BCUT2D eigenvalue weighted by Crippen LogP contribution is -2.46. The second-order valence-electron chi connectivity index (χ2n) is 10.7. The maximum atomic E-state index is 12.7. The summed E-state index contributed by atoms with van der Waals surface area (Å²) < 4.78 is 54.4. The standard InChI is InChI=1S/C30H37F3N2O4/c31-30(32,33)29(36)39-26-8-9-27-22(20-26)10-15-35(24-12-16-37-17-13-24)28(27)19-21-4-6-25(7-5-21)38-18-11-23-3-1-2-14-34-23/h4-9,20,23-24,28,34H,1-3,10-19H2. The first kappa shape index (κ1) is 27.9. The maximum Gasteiger partial charge on any atom is 0.491 e. The number of hydrogen-bond donors (Lipinski definition) is 1. The van der Waals surface area contributed by atoms with E-state index in [0.29, 0.717) is 25.1 Å². The molecule has 0 amide bonds. The fourth-order valence-corrected chi connectivity index (χ4v) is 6.05. The molecule has 212 valence electrons. The normalized spacial score (nSPS) is 22.7. The molecule has 9 heteroatoms. The Labute approximate surface area is 227 Å². The summed E-state index contributed by atoms with van der Waals surface area (Å²) in [6, 6.07) is 14.1. The number of nitrogens with one attached hydrogen (secondary N) is 1. The van der Waals surface area contributed by atoms with Crippen LogP contribution in [0.4, 0.5) is 13.2 Å². The average molecular weight is 547 g/mol. The van der Waals surface area contributed by atoms with E-state index in [1.165, 1.54) is 30.9 Å². The molecule has 2 atom stereocenters. The quantitative estimate of drug-likeness (QED) is 0.354. The Hall–Kier alpha value is -2.62. The van der Waals surface area contributed by atoms with Gasteiger partial charge in [-0.15, -0.1) is 0 Å². The Bertz CT molecular complexity index is 1100. The molecule has 2 saturated heterocycles. The molecule has 2 fully saturated rings. The molecule has 0 bridgehead atoms. The number of hydrogen-bond acceptors (Lipinski definition) is 6. The van der Waals surface area contributed by atoms with Gasteiger partial charge in [0, 0.05) is 37.9 Å². The van der Waals surface area contributed by atoms with Crippen molar-refractivity contribution in [1.82, 2.24) is 10.2 Å². The van der Waals surface area contributed by atoms with Gasteiger partial charge in [-0.1, -0.05) is 24.6 Å². The number of nitrogens with zero attached hydrogens (tertiary/aromatic N) is 1. The van der Waals surface area contributed by atoms with E-state index in [1.807, 2.05) is 18.2 Å². The van der Waals surface area contributed by atoms with Gasteiger partial charge in [-0.25, -0.2) is 4.79 Å². The number of esters is 1. The molecular formula is C30H37F3N2O4. The van der Waals surface area contributed by atoms with Crippen molar-refractivity contribution in [2.75, 3.05) is 32.9 Å². The van der Waals surface area contributed by atoms with Gasteiger partial charge in [0.1, 0.15) is 11.5 Å². The summed E-state index contributed by atoms with van der Waals surface area (Å²) in [4.78, 5) is 13.9. The molecule has 3 heterocycles. The number of alkyl halides is 3. The first-order valence-electron chi connectivity index (χ1n) is 14.1. The van der Waals surface area contributed by atoms with E-state index in [9.17, 15) is 18.0 Å². The molecule has 0 saturated carbocycles. The third kappa shape index (κ3) is 7.32. The highest BCUT2D eigenvalue weighted by molar-refractivity contribution is 5.78. The minimum absolute atomic E-state index is 0.0633. The summed E-state index contributed by atoms with van der Waals surface area (Å²) in [6.45, 7) is 4.03. The van der Waals surface area contributed by atoms with Gasteiger partial charge in [-0.3, -0.25) is 4.90 Å². The van der Waals surface area contributed by atoms with E-state index in [4.69, 9.17) is 9.47 Å². The minimum atomic E-state index is -5.03. The van der Waals surface area contributed by atoms with E-state index in [1.54, 1.807) is 6.07 Å². The molecule has 0 spiro atoms. The lowest BCUT2D eigenvalue weighted by Gasteiger charge is -2.44. The Morgan fingerprint density at radius 1 is 1.03 bits per heavy atom. The van der Waals surface area contributed by atoms with Crippen LogP contribution in [0, 0.1) is 0 Å². The third-order valence-electron chi connectivity index (χ3n) is 8.11. The number of fused-ring (bicyclic) bond motifs is 1. The van der Waals surface area contributed by atoms with Gasteiger partial charge in [-0.05, 0) is 92.4 Å². The number of ether oxygens (including phenoxy) is 3. The molecule has 3 aliphatic rings. The summed E-state index contributed by atoms with van der Waals surface area (Å²) in [5, 5.41) is 3.55. The van der Waals surface area contributed by atoms with Gasteiger partial charge < -0.3 is 19.5 Å². The van der Waals surface area contributed by atoms with Crippen LogP contribution in [0.5, 0.6) is 11.5 Å². The molecule has 5 rings (SSSR count). The zero-order valence-corrected chi connectivity index (χ0v) is 22.2. The summed E-state index contributed by atoms with van der Waals surface area (Å²) in [5.41, 5.74) is 3.16. The number of rotatable bonds is 8. The van der Waals surface area contributed by atoms with Crippen molar-refractivity contribution in [2.24, 2.45) is 0 Å². The smallest absolute Gasteiger partial charge is 0.491 e. The molecule has 6 nitrogen and oxygen atoms in total. The number of benzene rings is 2. The molecule has 0 aromatic heterocycles. The third-order valence-corrected chi connectivity index (χ3v) is 8.11. The van der Waals surface area contributed by atoms with Crippen molar-refractivity contribution in [3.8, 4) is 11.5 Å². The monoisotopic (exact) mass is 546 g/mol. The molecule has 2 aromatic rings. The molecule has 3 aliphatic heterocycles. The van der Waals surface area contributed by atoms with Crippen molar-refractivity contribution >= 4 is 5.97 Å². The van der Waals surface area contributed by atoms with Gasteiger partial charge >= 0.3 is 12.1 Å². The highest BCUT2D eigenvalue weighted by atomic mass is 19.4. The second kappa shape index (κ2) is 12.7. The zero-order chi connectivity index (χ0) is 27.2. The minimum Gasteiger partial charge on any atom is -0.494 e. The van der Waals surface area contributed by atoms with Crippen LogP contribution in [0.1, 0.15) is 61.3 Å². The number of piperidine rings is 1. The van der Waals surface area contributed by atoms with Crippen LogP contribution in [0.2, 0.25) is 0 Å². The number of carbonyl (C=O) groups excluding carboxylic acids is 1. The average Bonchev–Trinajstić information content (AvgIpc) is 2.94. The van der Waals surface area contributed by atoms with Gasteiger partial charge in [0.15, 0.2) is 0 Å². The van der Waals surface area contributed by atoms with Gasteiger partial charge in [0.25, 0.3) is 0 Å². The number of carbonyl (C=O) groups is 1. The van der Waals surface area contributed by atoms with Crippen LogP contribution in [0.15, 0.2) is 42.5 Å². The fourth-order valence-electron chi connectivity index (χ4n) is 6.05. The van der Waals surface area contributed by atoms with E-state index in [2.05, 4.69) is 27.1 Å². The molecule has 2 aromatic carbocycles. The molecule has 2 unspecified atom stereocenters. The lowest BCUT2D eigenvalue weighted by molar-refractivity contribution is -0.189. The second-order valence-corrected chi connectivity index (χ2v) is 10.7. The molecule has 39 heavy (non-hydrogen) atoms. The fraction of sp³-hybridized carbons (Fsp3) is 0.567. The Morgan fingerprint density at radius 2 is 1.79 bits per heavy atom. The van der Waals surface area contributed by atoms with E-state index in [-0.39, 0.29) is 11.8 Å². The van der Waals surface area contributed by atoms with Crippen molar-refractivity contribution in [3.05, 3.63) is 59.2 Å². The maximum absolute atomic E-state index is 12.7. The predicted octanol–water partition coefficient (Wildman–Crippen LogP) is 5.39. The van der Waals surface area contributed by atoms with E-state index >= 15 is 0 Å². The van der Waals surface area contributed by atoms with Gasteiger partial charge in [0.05, 0.1) is 6.61 Å². The predicted molar refractivity (Wildman–Crippen MR) is 141 cm³/mol. The van der Waals surface area contributed by atoms with Gasteiger partial charge in [-0.2, -0.15) is 13.2 Å². The SMILES string of the molecule is O=C(Oc1ccc2c(c1)CCN(C1CCOCC1)C2Cc1ccc(OCCC2CCCCN2)cc1)C(F)(F)F. The largest absolute Gasteiger partial charge is 0.494 e. The highest BCUT2D eigenvalue weighted by Crippen LogP contribution is 2.38. The Kier molecular flexibility index (Phi) is 9.10. The van der Waals surface area contributed by atoms with Crippen LogP contribution in [-0.2, 0) is 22.4 Å². The molecule has 0 aliphatic carbocycles. The molecular weight excluding hydrogens is 509 g/mol. The van der Waals surface area contributed by atoms with Crippen molar-refractivity contribution in [3.63, 3.8) is 0 Å². The van der Waals surface area contributed by atoms with Crippen LogP contribution < -0.4 is 14.8 Å². The van der Waals surface area contributed by atoms with Crippen molar-refractivity contribution in [2.45, 2.75) is 75.7 Å². The van der Waals surface area contributed by atoms with Crippen LogP contribution in [0.25, 0.3) is 0 Å². The van der Waals surface area contributed by atoms with Gasteiger partial charge in [0.2, 0.25) is 0 Å². The number of halogens is 3. The van der Waals surface area contributed by atoms with Crippen molar-refractivity contribution < 1.29 is 32.2 Å². The lowest BCUT2D eigenvalue weighted by atomic mass is 9.86. The molecule has 1 N–H and O–H groups in total. The van der Waals surface area contributed by atoms with Crippen LogP contribution in [-0.4, -0.2) is 62.0 Å². The summed E-state index contributed by atoms with van der Waals surface area (Å²) >= 11 is 0. The zero-order valence-electron chi connectivity index (χ0n) is 22.2. The van der Waals surface area contributed by atoms with E-state index < -0.39 is 12.1 Å². The highest BCUT2D eigenvalue weighted by Gasteiger charge is 2.41. The van der Waals surface area contributed by atoms with E-state index in [0.717, 1.165) is 68.9 Å². The summed E-state index contributed by atoms with van der Waals surface area (Å²) in [5.74, 6) is -1.41. The van der Waals surface area contributed by atoms with Crippen LogP contribution >= 0.6 is 0 Å². The first-order chi connectivity index (χ1) is 18.9. The summed E-state index contributed by atoms with van der Waals surface area (Å²) in [6.07, 6.45) is 3.07. The Morgan fingerprint density at radius 3 is 2.51 bits per heavy atom. The topological polar surface area (TPSA) is 60.0 Å². The summed E-state index contributed by atoms with van der Waals surface area (Å²) in [7, 11) is 0. The first-order valence-corrected chi connectivity index (χ1v) is 14.1.